The first-order chi connectivity index (χ1) is 9.50. The third-order valence-electron chi connectivity index (χ3n) is 2.60. The highest BCUT2D eigenvalue weighted by atomic mass is 19.4. The quantitative estimate of drug-likeness (QED) is 0.845. The highest BCUT2D eigenvalue weighted by molar-refractivity contribution is 5.54. The van der Waals surface area contributed by atoms with Gasteiger partial charge in [-0.05, 0) is 24.6 Å². The number of alkyl halides is 3. The molecule has 2 rings (SSSR count). The molecule has 2 aromatic heterocycles. The molecule has 0 amide bonds. The van der Waals surface area contributed by atoms with Crippen LogP contribution >= 0.6 is 0 Å². The Bertz CT molecular complexity index is 552. The fourth-order valence-corrected chi connectivity index (χ4v) is 1.60. The molecule has 0 saturated carbocycles. The van der Waals surface area contributed by atoms with Crippen molar-refractivity contribution in [2.75, 3.05) is 11.9 Å². The molecule has 108 valence electrons. The van der Waals surface area contributed by atoms with E-state index in [2.05, 4.69) is 15.3 Å². The molecule has 2 aromatic rings. The summed E-state index contributed by atoms with van der Waals surface area (Å²) in [5.41, 5.74) is -0.880. The molecule has 0 aromatic carbocycles. The van der Waals surface area contributed by atoms with Crippen LogP contribution in [0.5, 0.6) is 0 Å². The van der Waals surface area contributed by atoms with E-state index < -0.39 is 11.9 Å². The predicted octanol–water partition coefficient (Wildman–Crippen LogP) is 3.97. The molecule has 7 heteroatoms. The van der Waals surface area contributed by atoms with Crippen LogP contribution in [0.2, 0.25) is 0 Å². The highest BCUT2D eigenvalue weighted by Crippen LogP contribution is 2.31. The summed E-state index contributed by atoms with van der Waals surface area (Å²) < 4.78 is 43.6. The van der Waals surface area contributed by atoms with Gasteiger partial charge >= 0.3 is 6.18 Å². The van der Waals surface area contributed by atoms with Gasteiger partial charge in [-0.1, -0.05) is 13.3 Å². The van der Waals surface area contributed by atoms with E-state index in [0.29, 0.717) is 6.54 Å². The van der Waals surface area contributed by atoms with E-state index in [1.807, 2.05) is 6.92 Å². The van der Waals surface area contributed by atoms with Crippen LogP contribution in [-0.4, -0.2) is 16.5 Å². The largest absolute Gasteiger partial charge is 0.463 e. The molecule has 0 fully saturated rings. The zero-order chi connectivity index (χ0) is 14.6. The number of nitrogens with zero attached hydrogens (tertiary/aromatic N) is 2. The molecule has 0 bridgehead atoms. The molecule has 20 heavy (non-hydrogen) atoms. The van der Waals surface area contributed by atoms with Crippen LogP contribution in [0, 0.1) is 0 Å². The van der Waals surface area contributed by atoms with Crippen molar-refractivity contribution in [1.82, 2.24) is 9.97 Å². The number of hydrogen-bond acceptors (Lipinski definition) is 4. The SMILES string of the molecule is CCCCNc1nc(-c2ccco2)cc(C(F)(F)F)n1. The van der Waals surface area contributed by atoms with Gasteiger partial charge in [0.15, 0.2) is 11.5 Å². The monoisotopic (exact) mass is 285 g/mol. The van der Waals surface area contributed by atoms with Crippen molar-refractivity contribution >= 4 is 5.95 Å². The molecule has 0 radical (unpaired) electrons. The molecule has 0 unspecified atom stereocenters. The van der Waals surface area contributed by atoms with Gasteiger partial charge in [0.25, 0.3) is 0 Å². The Labute approximate surface area is 114 Å². The van der Waals surface area contributed by atoms with Crippen molar-refractivity contribution in [2.45, 2.75) is 25.9 Å². The first-order valence-electron chi connectivity index (χ1n) is 6.24. The minimum absolute atomic E-state index is 0.0420. The number of rotatable bonds is 5. The van der Waals surface area contributed by atoms with E-state index >= 15 is 0 Å². The number of nitrogens with one attached hydrogen (secondary N) is 1. The molecule has 0 aliphatic heterocycles. The third-order valence-corrected chi connectivity index (χ3v) is 2.60. The Morgan fingerprint density at radius 2 is 2.10 bits per heavy atom. The van der Waals surface area contributed by atoms with E-state index in [9.17, 15) is 13.2 Å². The zero-order valence-electron chi connectivity index (χ0n) is 10.9. The second-order valence-electron chi connectivity index (χ2n) is 4.22. The van der Waals surface area contributed by atoms with Crippen LogP contribution in [0.25, 0.3) is 11.5 Å². The van der Waals surface area contributed by atoms with Crippen molar-refractivity contribution in [3.8, 4) is 11.5 Å². The maximum absolute atomic E-state index is 12.8. The summed E-state index contributed by atoms with van der Waals surface area (Å²) in [7, 11) is 0. The smallest absolute Gasteiger partial charge is 0.433 e. The number of halogens is 3. The molecule has 0 aliphatic carbocycles. The molecular formula is C13H14F3N3O. The summed E-state index contributed by atoms with van der Waals surface area (Å²) in [6.07, 6.45) is -1.38. The average Bonchev–Trinajstić information content (AvgIpc) is 2.91. The lowest BCUT2D eigenvalue weighted by Crippen LogP contribution is -2.13. The van der Waals surface area contributed by atoms with Crippen LogP contribution < -0.4 is 5.32 Å². The minimum atomic E-state index is -4.52. The minimum Gasteiger partial charge on any atom is -0.463 e. The number of furan rings is 1. The van der Waals surface area contributed by atoms with Gasteiger partial charge in [0.05, 0.1) is 6.26 Å². The molecule has 0 atom stereocenters. The van der Waals surface area contributed by atoms with Gasteiger partial charge in [-0.2, -0.15) is 13.2 Å². The molecule has 0 saturated heterocycles. The molecular weight excluding hydrogens is 271 g/mol. The topological polar surface area (TPSA) is 51.0 Å². The van der Waals surface area contributed by atoms with Gasteiger partial charge in [-0.3, -0.25) is 0 Å². The maximum Gasteiger partial charge on any atom is 0.433 e. The van der Waals surface area contributed by atoms with Crippen LogP contribution in [0.1, 0.15) is 25.5 Å². The molecule has 2 heterocycles. The normalized spacial score (nSPS) is 11.6. The Kier molecular flexibility index (Phi) is 4.26. The summed E-state index contributed by atoms with van der Waals surface area (Å²) in [5.74, 6) is 0.233. The van der Waals surface area contributed by atoms with Crippen molar-refractivity contribution in [3.63, 3.8) is 0 Å². The number of aromatic nitrogens is 2. The Balaban J connectivity index is 2.34. The maximum atomic E-state index is 12.8. The van der Waals surface area contributed by atoms with E-state index in [4.69, 9.17) is 4.42 Å². The van der Waals surface area contributed by atoms with Gasteiger partial charge in [0.2, 0.25) is 5.95 Å². The van der Waals surface area contributed by atoms with Gasteiger partial charge < -0.3 is 9.73 Å². The second kappa shape index (κ2) is 5.94. The fourth-order valence-electron chi connectivity index (χ4n) is 1.60. The van der Waals surface area contributed by atoms with Crippen LogP contribution in [0.3, 0.4) is 0 Å². The second-order valence-corrected chi connectivity index (χ2v) is 4.22. The summed E-state index contributed by atoms with van der Waals surface area (Å²) in [5, 5.41) is 2.80. The molecule has 0 aliphatic rings. The summed E-state index contributed by atoms with van der Waals surface area (Å²) in [4.78, 5) is 7.54. The fraction of sp³-hybridized carbons (Fsp3) is 0.385. The lowest BCUT2D eigenvalue weighted by Gasteiger charge is -2.10. The lowest BCUT2D eigenvalue weighted by molar-refractivity contribution is -0.141. The van der Waals surface area contributed by atoms with Gasteiger partial charge in [-0.25, -0.2) is 9.97 Å². The summed E-state index contributed by atoms with van der Waals surface area (Å²) in [6, 6.07) is 4.02. The first-order valence-corrected chi connectivity index (χ1v) is 6.24. The van der Waals surface area contributed by atoms with E-state index in [-0.39, 0.29) is 17.4 Å². The van der Waals surface area contributed by atoms with Gasteiger partial charge in [0, 0.05) is 6.54 Å². The number of anilines is 1. The lowest BCUT2D eigenvalue weighted by atomic mass is 10.2. The number of hydrogen-bond donors (Lipinski definition) is 1. The molecule has 1 N–H and O–H groups in total. The van der Waals surface area contributed by atoms with Gasteiger partial charge in [0.1, 0.15) is 5.69 Å². The zero-order valence-corrected chi connectivity index (χ0v) is 10.9. The predicted molar refractivity (Wildman–Crippen MR) is 68.1 cm³/mol. The van der Waals surface area contributed by atoms with E-state index in [0.717, 1.165) is 18.9 Å². The summed E-state index contributed by atoms with van der Waals surface area (Å²) in [6.45, 7) is 2.51. The van der Waals surface area contributed by atoms with Crippen molar-refractivity contribution in [2.24, 2.45) is 0 Å². The van der Waals surface area contributed by atoms with Crippen LogP contribution in [-0.2, 0) is 6.18 Å². The van der Waals surface area contributed by atoms with E-state index in [1.54, 1.807) is 12.1 Å². The van der Waals surface area contributed by atoms with Crippen LogP contribution in [0.15, 0.2) is 28.9 Å². The highest BCUT2D eigenvalue weighted by Gasteiger charge is 2.34. The number of unbranched alkanes of at least 4 members (excludes halogenated alkanes) is 1. The van der Waals surface area contributed by atoms with Crippen LogP contribution in [0.4, 0.5) is 19.1 Å². The standard InChI is InChI=1S/C13H14F3N3O/c1-2-3-6-17-12-18-9(10-5-4-7-20-10)8-11(19-12)13(14,15)16/h4-5,7-8H,2-3,6H2,1H3,(H,17,18,19). The van der Waals surface area contributed by atoms with Crippen molar-refractivity contribution in [3.05, 3.63) is 30.2 Å². The summed E-state index contributed by atoms with van der Waals surface area (Å²) >= 11 is 0. The van der Waals surface area contributed by atoms with E-state index in [1.165, 1.54) is 6.26 Å². The molecule has 0 spiro atoms. The first kappa shape index (κ1) is 14.4. The van der Waals surface area contributed by atoms with Gasteiger partial charge in [-0.15, -0.1) is 0 Å². The Morgan fingerprint density at radius 3 is 2.70 bits per heavy atom. The Hall–Kier alpha value is -2.05. The third kappa shape index (κ3) is 3.49. The average molecular weight is 285 g/mol. The molecule has 4 nitrogen and oxygen atoms in total. The van der Waals surface area contributed by atoms with Crippen molar-refractivity contribution < 1.29 is 17.6 Å². The van der Waals surface area contributed by atoms with Crippen molar-refractivity contribution in [1.29, 1.82) is 0 Å². The Morgan fingerprint density at radius 1 is 1.30 bits per heavy atom.